The number of alkyl halides is 2. The molecule has 1 aliphatic rings. The third kappa shape index (κ3) is 4.67. The molecule has 10 nitrogen and oxygen atoms in total. The summed E-state index contributed by atoms with van der Waals surface area (Å²) in [5, 5.41) is 7.24. The summed E-state index contributed by atoms with van der Waals surface area (Å²) in [6, 6.07) is 1.93. The zero-order valence-corrected chi connectivity index (χ0v) is 15.1. The van der Waals surface area contributed by atoms with E-state index in [2.05, 4.69) is 15.3 Å². The van der Waals surface area contributed by atoms with Crippen LogP contribution in [-0.2, 0) is 29.5 Å². The number of carbonyl (C=O) groups excluding carboxylic acids is 3. The maximum atomic E-state index is 12.3. The fourth-order valence-electron chi connectivity index (χ4n) is 1.68. The molecule has 2 heterocycles. The summed E-state index contributed by atoms with van der Waals surface area (Å²) in [7, 11) is -4.67. The van der Waals surface area contributed by atoms with Crippen LogP contribution < -0.4 is 5.32 Å². The zero-order valence-electron chi connectivity index (χ0n) is 12.0. The molecule has 25 heavy (non-hydrogen) atoms. The monoisotopic (exact) mass is 429 g/mol. The van der Waals surface area contributed by atoms with Crippen LogP contribution in [0.4, 0.5) is 0 Å². The first kappa shape index (κ1) is 19.6. The van der Waals surface area contributed by atoms with E-state index in [0.717, 1.165) is 11.3 Å². The SMILES string of the molecule is O=C(NC1CN(S(=O)(=O)O)C1=O)C(=NOC(=O)C(Cl)Cl)c1cccs1. The Morgan fingerprint density at radius 1 is 1.48 bits per heavy atom. The topological polar surface area (TPSA) is 142 Å². The van der Waals surface area contributed by atoms with Gasteiger partial charge in [-0.05, 0) is 11.4 Å². The number of oxime groups is 1. The summed E-state index contributed by atoms with van der Waals surface area (Å²) in [4.78, 5) is 38.4. The predicted octanol–water partition coefficient (Wildman–Crippen LogP) is -0.0711. The van der Waals surface area contributed by atoms with Crippen LogP contribution in [0.2, 0.25) is 0 Å². The van der Waals surface area contributed by atoms with Crippen molar-refractivity contribution in [2.75, 3.05) is 6.54 Å². The third-order valence-electron chi connectivity index (χ3n) is 2.85. The highest BCUT2D eigenvalue weighted by atomic mass is 35.5. The smallest absolute Gasteiger partial charge is 0.337 e. The minimum Gasteiger partial charge on any atom is -0.337 e. The van der Waals surface area contributed by atoms with Gasteiger partial charge in [-0.15, -0.1) is 11.3 Å². The van der Waals surface area contributed by atoms with Gasteiger partial charge in [-0.3, -0.25) is 14.1 Å². The number of thiophene rings is 1. The van der Waals surface area contributed by atoms with Crippen LogP contribution in [0.3, 0.4) is 0 Å². The molecule has 136 valence electrons. The lowest BCUT2D eigenvalue weighted by molar-refractivity contribution is -0.142. The van der Waals surface area contributed by atoms with Gasteiger partial charge in [-0.25, -0.2) is 9.10 Å². The van der Waals surface area contributed by atoms with Crippen molar-refractivity contribution in [2.24, 2.45) is 5.16 Å². The molecule has 0 saturated carbocycles. The highest BCUT2D eigenvalue weighted by Gasteiger charge is 2.44. The van der Waals surface area contributed by atoms with Crippen LogP contribution >= 0.6 is 34.5 Å². The van der Waals surface area contributed by atoms with Crippen molar-refractivity contribution in [3.63, 3.8) is 0 Å². The molecule has 1 saturated heterocycles. The van der Waals surface area contributed by atoms with E-state index in [1.807, 2.05) is 0 Å². The number of nitrogens with one attached hydrogen (secondary N) is 1. The van der Waals surface area contributed by atoms with E-state index in [1.54, 1.807) is 11.4 Å². The van der Waals surface area contributed by atoms with E-state index in [-0.39, 0.29) is 10.0 Å². The number of halogens is 2. The lowest BCUT2D eigenvalue weighted by Crippen LogP contribution is -2.65. The second-order valence-corrected chi connectivity index (χ2v) is 7.88. The molecular weight excluding hydrogens is 421 g/mol. The van der Waals surface area contributed by atoms with Gasteiger partial charge in [0.25, 0.3) is 11.8 Å². The lowest BCUT2D eigenvalue weighted by Gasteiger charge is -2.35. The highest BCUT2D eigenvalue weighted by Crippen LogP contribution is 2.16. The standard InChI is InChI=1S/C11H9Cl2N3O7S2/c12-8(13)11(19)23-15-7(6-2-1-3-24-6)9(17)14-5-4-16(10(5)18)25(20,21)22/h1-3,5,8H,4H2,(H,14,17)(H,20,21,22). The van der Waals surface area contributed by atoms with Crippen molar-refractivity contribution in [1.29, 1.82) is 0 Å². The Morgan fingerprint density at radius 2 is 2.16 bits per heavy atom. The first-order valence-electron chi connectivity index (χ1n) is 6.32. The van der Waals surface area contributed by atoms with Crippen molar-refractivity contribution in [1.82, 2.24) is 9.62 Å². The van der Waals surface area contributed by atoms with Gasteiger partial charge in [0.2, 0.25) is 4.84 Å². The van der Waals surface area contributed by atoms with Crippen LogP contribution in [0.5, 0.6) is 0 Å². The maximum absolute atomic E-state index is 12.3. The van der Waals surface area contributed by atoms with E-state index in [4.69, 9.17) is 27.8 Å². The van der Waals surface area contributed by atoms with Gasteiger partial charge in [0.15, 0.2) is 5.71 Å². The molecule has 1 unspecified atom stereocenters. The number of hydrogen-bond donors (Lipinski definition) is 2. The van der Waals surface area contributed by atoms with Crippen LogP contribution in [0.25, 0.3) is 0 Å². The Bertz CT molecular complexity index is 823. The predicted molar refractivity (Wildman–Crippen MR) is 87.6 cm³/mol. The molecule has 2 amide bonds. The molecule has 2 N–H and O–H groups in total. The molecule has 0 spiro atoms. The normalized spacial score (nSPS) is 18.1. The van der Waals surface area contributed by atoms with Gasteiger partial charge < -0.3 is 10.2 Å². The summed E-state index contributed by atoms with van der Waals surface area (Å²) in [5.74, 6) is -3.02. The van der Waals surface area contributed by atoms with E-state index in [0.29, 0.717) is 4.88 Å². The summed E-state index contributed by atoms with van der Waals surface area (Å²) < 4.78 is 30.7. The summed E-state index contributed by atoms with van der Waals surface area (Å²) >= 11 is 11.7. The second-order valence-electron chi connectivity index (χ2n) is 4.50. The molecule has 1 aliphatic heterocycles. The number of amides is 2. The van der Waals surface area contributed by atoms with E-state index in [9.17, 15) is 22.8 Å². The molecule has 0 aromatic carbocycles. The first-order chi connectivity index (χ1) is 11.6. The van der Waals surface area contributed by atoms with Gasteiger partial charge in [-0.2, -0.15) is 8.42 Å². The molecular formula is C11H9Cl2N3O7S2. The molecule has 14 heteroatoms. The summed E-state index contributed by atoms with van der Waals surface area (Å²) in [6.45, 7) is -0.438. The molecule has 1 aromatic rings. The minimum atomic E-state index is -4.67. The molecule has 0 radical (unpaired) electrons. The van der Waals surface area contributed by atoms with Crippen molar-refractivity contribution >= 4 is 68.3 Å². The Morgan fingerprint density at radius 3 is 2.64 bits per heavy atom. The molecule has 0 bridgehead atoms. The van der Waals surface area contributed by atoms with Crippen LogP contribution in [0, 0.1) is 0 Å². The van der Waals surface area contributed by atoms with Crippen molar-refractivity contribution < 1.29 is 32.2 Å². The quantitative estimate of drug-likeness (QED) is 0.161. The maximum Gasteiger partial charge on any atom is 0.367 e. The number of hydrogen-bond acceptors (Lipinski definition) is 8. The Balaban J connectivity index is 2.11. The van der Waals surface area contributed by atoms with Gasteiger partial charge in [-0.1, -0.05) is 34.4 Å². The molecule has 2 rings (SSSR count). The van der Waals surface area contributed by atoms with Crippen LogP contribution in [0.15, 0.2) is 22.7 Å². The minimum absolute atomic E-state index is 0.186. The Labute approximate surface area is 155 Å². The van der Waals surface area contributed by atoms with E-state index < -0.39 is 45.5 Å². The van der Waals surface area contributed by atoms with Gasteiger partial charge in [0.05, 0.1) is 11.4 Å². The average molecular weight is 430 g/mol. The van der Waals surface area contributed by atoms with Crippen LogP contribution in [0.1, 0.15) is 4.88 Å². The van der Waals surface area contributed by atoms with Crippen molar-refractivity contribution in [2.45, 2.75) is 10.9 Å². The second kappa shape index (κ2) is 7.66. The van der Waals surface area contributed by atoms with Gasteiger partial charge in [0, 0.05) is 0 Å². The van der Waals surface area contributed by atoms with E-state index in [1.165, 1.54) is 6.07 Å². The fraction of sp³-hybridized carbons (Fsp3) is 0.273. The molecule has 1 aromatic heterocycles. The Hall–Kier alpha value is -1.73. The number of carbonyl (C=O) groups is 3. The summed E-state index contributed by atoms with van der Waals surface area (Å²) in [6.07, 6.45) is 0. The first-order valence-corrected chi connectivity index (χ1v) is 9.47. The van der Waals surface area contributed by atoms with Crippen molar-refractivity contribution in [3.05, 3.63) is 22.4 Å². The largest absolute Gasteiger partial charge is 0.367 e. The number of β-lactam (4-membered cyclic amide) rings is 1. The molecule has 1 atom stereocenters. The number of nitrogens with zero attached hydrogens (tertiary/aromatic N) is 2. The number of rotatable bonds is 6. The van der Waals surface area contributed by atoms with Gasteiger partial charge in [0.1, 0.15) is 6.04 Å². The molecule has 1 fully saturated rings. The van der Waals surface area contributed by atoms with E-state index >= 15 is 0 Å². The summed E-state index contributed by atoms with van der Waals surface area (Å²) in [5.41, 5.74) is -0.338. The van der Waals surface area contributed by atoms with Crippen molar-refractivity contribution in [3.8, 4) is 0 Å². The Kier molecular flexibility index (Phi) is 6.00. The highest BCUT2D eigenvalue weighted by molar-refractivity contribution is 7.84. The average Bonchev–Trinajstić information content (AvgIpc) is 3.03. The molecule has 0 aliphatic carbocycles. The lowest BCUT2D eigenvalue weighted by atomic mass is 10.1. The third-order valence-corrected chi connectivity index (χ3v) is 4.97. The van der Waals surface area contributed by atoms with Gasteiger partial charge >= 0.3 is 16.3 Å². The fourth-order valence-corrected chi connectivity index (χ4v) is 3.15. The van der Waals surface area contributed by atoms with Crippen LogP contribution in [-0.4, -0.2) is 58.2 Å². The zero-order chi connectivity index (χ0) is 18.8.